The fourth-order valence-electron chi connectivity index (χ4n) is 2.82. The summed E-state index contributed by atoms with van der Waals surface area (Å²) in [7, 11) is 0. The second-order valence-corrected chi connectivity index (χ2v) is 7.18. The fraction of sp³-hybridized carbons (Fsp3) is 0.273. The summed E-state index contributed by atoms with van der Waals surface area (Å²) >= 11 is 0. The first-order chi connectivity index (χ1) is 14.3. The van der Waals surface area contributed by atoms with Crippen LogP contribution < -0.4 is 16.6 Å². The highest BCUT2D eigenvalue weighted by atomic mass is 19.1. The molecule has 1 heterocycles. The van der Waals surface area contributed by atoms with Crippen LogP contribution in [-0.2, 0) is 6.54 Å². The molecule has 0 radical (unpaired) electrons. The average molecular weight is 410 g/mol. The molecule has 3 aromatic rings. The van der Waals surface area contributed by atoms with E-state index in [0.29, 0.717) is 17.7 Å². The topological polar surface area (TPSA) is 86.0 Å². The van der Waals surface area contributed by atoms with Crippen molar-refractivity contribution < 1.29 is 9.18 Å². The fourth-order valence-corrected chi connectivity index (χ4v) is 2.82. The molecule has 0 aliphatic heterocycles. The Morgan fingerprint density at radius 1 is 1.10 bits per heavy atom. The highest BCUT2D eigenvalue weighted by Crippen LogP contribution is 2.07. The molecule has 1 atom stereocenters. The van der Waals surface area contributed by atoms with E-state index in [0.717, 1.165) is 14.8 Å². The lowest BCUT2D eigenvalue weighted by Crippen LogP contribution is -2.47. The van der Waals surface area contributed by atoms with Gasteiger partial charge in [0, 0.05) is 6.04 Å². The van der Waals surface area contributed by atoms with Crippen molar-refractivity contribution in [3.8, 4) is 5.69 Å². The number of carbonyl (C=O) groups excluding carboxylic acids is 1. The lowest BCUT2D eigenvalue weighted by atomic mass is 10.2. The summed E-state index contributed by atoms with van der Waals surface area (Å²) < 4.78 is 15.2. The normalized spacial score (nSPS) is 11.9. The Morgan fingerprint density at radius 2 is 1.73 bits per heavy atom. The second kappa shape index (κ2) is 8.86. The van der Waals surface area contributed by atoms with Gasteiger partial charge in [-0.15, -0.1) is 0 Å². The number of carbonyl (C=O) groups is 1. The Labute approximate surface area is 172 Å². The molecule has 7 nitrogen and oxygen atoms in total. The Hall–Kier alpha value is -3.55. The van der Waals surface area contributed by atoms with Gasteiger partial charge in [0.05, 0.1) is 12.2 Å². The molecule has 1 unspecified atom stereocenters. The van der Waals surface area contributed by atoms with Gasteiger partial charge in [0.1, 0.15) is 5.82 Å². The van der Waals surface area contributed by atoms with Crippen molar-refractivity contribution in [1.29, 1.82) is 0 Å². The molecule has 0 saturated carbocycles. The predicted molar refractivity (Wildman–Crippen MR) is 112 cm³/mol. The van der Waals surface area contributed by atoms with Crippen LogP contribution in [0.3, 0.4) is 0 Å². The third-order valence-corrected chi connectivity index (χ3v) is 4.80. The first-order valence-corrected chi connectivity index (χ1v) is 9.66. The lowest BCUT2D eigenvalue weighted by molar-refractivity contribution is 0.0929. The van der Waals surface area contributed by atoms with Gasteiger partial charge >= 0.3 is 5.69 Å². The van der Waals surface area contributed by atoms with Crippen molar-refractivity contribution in [2.45, 2.75) is 39.8 Å². The van der Waals surface area contributed by atoms with Crippen LogP contribution >= 0.6 is 0 Å². The van der Waals surface area contributed by atoms with Crippen LogP contribution in [0.4, 0.5) is 4.39 Å². The standard InChI is InChI=1S/C22H23FN4O3/c1-4-15(3)24-20(28)19-21(29)26(13-16-7-9-17(23)10-8-16)22(30)27(25-19)18-11-5-14(2)6-12-18/h5-12,15H,4,13H2,1-3H3,(H,24,28). The molecule has 0 fully saturated rings. The molecular weight excluding hydrogens is 387 g/mol. The molecule has 0 spiro atoms. The van der Waals surface area contributed by atoms with Gasteiger partial charge in [-0.2, -0.15) is 9.78 Å². The average Bonchev–Trinajstić information content (AvgIpc) is 2.73. The van der Waals surface area contributed by atoms with E-state index in [1.165, 1.54) is 24.3 Å². The van der Waals surface area contributed by atoms with E-state index >= 15 is 0 Å². The number of amides is 1. The first-order valence-electron chi connectivity index (χ1n) is 9.66. The first kappa shape index (κ1) is 21.2. The Morgan fingerprint density at radius 3 is 2.33 bits per heavy atom. The largest absolute Gasteiger partial charge is 0.352 e. The van der Waals surface area contributed by atoms with Crippen molar-refractivity contribution in [3.05, 3.63) is 92.0 Å². The van der Waals surface area contributed by atoms with Gasteiger partial charge in [0.2, 0.25) is 5.69 Å². The van der Waals surface area contributed by atoms with Crippen LogP contribution in [0.5, 0.6) is 0 Å². The summed E-state index contributed by atoms with van der Waals surface area (Å²) in [6.45, 7) is 5.50. The highest BCUT2D eigenvalue weighted by molar-refractivity contribution is 5.91. The van der Waals surface area contributed by atoms with Crippen LogP contribution in [0.25, 0.3) is 5.69 Å². The molecule has 0 aliphatic rings. The quantitative estimate of drug-likeness (QED) is 0.676. The summed E-state index contributed by atoms with van der Waals surface area (Å²) in [5, 5.41) is 6.79. The maximum Gasteiger partial charge on any atom is 0.352 e. The van der Waals surface area contributed by atoms with Gasteiger partial charge in [0.25, 0.3) is 11.5 Å². The maximum absolute atomic E-state index is 13.2. The summed E-state index contributed by atoms with van der Waals surface area (Å²) in [4.78, 5) is 38.7. The third kappa shape index (κ3) is 4.53. The number of benzene rings is 2. The van der Waals surface area contributed by atoms with Crippen LogP contribution in [0.2, 0.25) is 0 Å². The smallest absolute Gasteiger partial charge is 0.348 e. The van der Waals surface area contributed by atoms with Crippen molar-refractivity contribution in [2.24, 2.45) is 0 Å². The number of nitrogens with zero attached hydrogens (tertiary/aromatic N) is 3. The van der Waals surface area contributed by atoms with E-state index in [9.17, 15) is 18.8 Å². The zero-order valence-electron chi connectivity index (χ0n) is 17.1. The SMILES string of the molecule is CCC(C)NC(=O)c1nn(-c2ccc(C)cc2)c(=O)n(Cc2ccc(F)cc2)c1=O. The number of hydrogen-bond donors (Lipinski definition) is 1. The third-order valence-electron chi connectivity index (χ3n) is 4.80. The minimum atomic E-state index is -0.798. The minimum Gasteiger partial charge on any atom is -0.348 e. The number of nitrogens with one attached hydrogen (secondary N) is 1. The van der Waals surface area contributed by atoms with Gasteiger partial charge in [0.15, 0.2) is 0 Å². The number of aryl methyl sites for hydroxylation is 1. The van der Waals surface area contributed by atoms with Crippen LogP contribution in [0.1, 0.15) is 41.9 Å². The molecule has 0 saturated heterocycles. The molecule has 156 valence electrons. The van der Waals surface area contributed by atoms with Gasteiger partial charge in [-0.05, 0) is 50.1 Å². The summed E-state index contributed by atoms with van der Waals surface area (Å²) in [5.41, 5.74) is 0.0992. The molecule has 0 bridgehead atoms. The van der Waals surface area contributed by atoms with Gasteiger partial charge < -0.3 is 5.32 Å². The zero-order valence-corrected chi connectivity index (χ0v) is 17.1. The van der Waals surface area contributed by atoms with E-state index in [2.05, 4.69) is 10.4 Å². The van der Waals surface area contributed by atoms with E-state index in [4.69, 9.17) is 0 Å². The molecule has 1 amide bonds. The number of halogens is 1. The minimum absolute atomic E-state index is 0.115. The van der Waals surface area contributed by atoms with E-state index < -0.39 is 23.0 Å². The second-order valence-electron chi connectivity index (χ2n) is 7.18. The van der Waals surface area contributed by atoms with Crippen molar-refractivity contribution in [1.82, 2.24) is 19.7 Å². The highest BCUT2D eigenvalue weighted by Gasteiger charge is 2.21. The van der Waals surface area contributed by atoms with Crippen LogP contribution in [0.15, 0.2) is 58.1 Å². The predicted octanol–water partition coefficient (Wildman–Crippen LogP) is 2.42. The van der Waals surface area contributed by atoms with Gasteiger partial charge in [-0.1, -0.05) is 36.8 Å². The molecule has 1 aromatic heterocycles. The van der Waals surface area contributed by atoms with Gasteiger partial charge in [-0.3, -0.25) is 14.2 Å². The van der Waals surface area contributed by atoms with Crippen molar-refractivity contribution >= 4 is 5.91 Å². The Balaban J connectivity index is 2.17. The Bertz CT molecular complexity index is 1160. The number of rotatable bonds is 6. The number of hydrogen-bond acceptors (Lipinski definition) is 4. The maximum atomic E-state index is 13.2. The molecule has 0 aliphatic carbocycles. The van der Waals surface area contributed by atoms with E-state index in [-0.39, 0.29) is 18.3 Å². The summed E-state index contributed by atoms with van der Waals surface area (Å²) in [6.07, 6.45) is 0.674. The summed E-state index contributed by atoms with van der Waals surface area (Å²) in [6, 6.07) is 12.3. The van der Waals surface area contributed by atoms with E-state index in [1.807, 2.05) is 20.8 Å². The molecule has 1 N–H and O–H groups in total. The summed E-state index contributed by atoms with van der Waals surface area (Å²) in [5.74, 6) is -1.07. The molecule has 30 heavy (non-hydrogen) atoms. The molecule has 2 aromatic carbocycles. The molecular formula is C22H23FN4O3. The van der Waals surface area contributed by atoms with Crippen molar-refractivity contribution in [2.75, 3.05) is 0 Å². The van der Waals surface area contributed by atoms with Crippen molar-refractivity contribution in [3.63, 3.8) is 0 Å². The van der Waals surface area contributed by atoms with E-state index in [1.54, 1.807) is 24.3 Å². The molecule has 8 heteroatoms. The Kier molecular flexibility index (Phi) is 6.25. The van der Waals surface area contributed by atoms with Crippen LogP contribution in [0, 0.1) is 12.7 Å². The number of aromatic nitrogens is 3. The zero-order chi connectivity index (χ0) is 21.8. The monoisotopic (exact) mass is 410 g/mol. The lowest BCUT2D eigenvalue weighted by Gasteiger charge is -2.14. The molecule has 3 rings (SSSR count). The van der Waals surface area contributed by atoms with Gasteiger partial charge in [-0.25, -0.2) is 9.18 Å². The van der Waals surface area contributed by atoms with Crippen LogP contribution in [-0.4, -0.2) is 26.3 Å².